The molecule has 0 saturated heterocycles. The minimum absolute atomic E-state index is 1.04. The van der Waals surface area contributed by atoms with E-state index in [2.05, 4.69) is 28.9 Å². The van der Waals surface area contributed by atoms with Crippen molar-refractivity contribution in [3.05, 3.63) is 17.2 Å². The quantitative estimate of drug-likeness (QED) is 0.795. The summed E-state index contributed by atoms with van der Waals surface area (Å²) in [5, 5.41) is 0. The van der Waals surface area contributed by atoms with Gasteiger partial charge in [-0.15, -0.1) is 0 Å². The van der Waals surface area contributed by atoms with Crippen LogP contribution in [0.4, 0.5) is 0 Å². The van der Waals surface area contributed by atoms with Crippen molar-refractivity contribution >= 4 is 0 Å². The lowest BCUT2D eigenvalue weighted by Gasteiger charge is -2.17. The minimum Gasteiger partial charge on any atom is -0.324 e. The molecule has 0 saturated carbocycles. The standard InChI is InChI=1S/C9H15N3.2C2H6/c1-3-8-7(2)12-9(11-8)5-4-6-10-12;2*1-2/h10H,3-6H2,1-2H3;2*1-2H3. The van der Waals surface area contributed by atoms with Gasteiger partial charge in [-0.25, -0.2) is 9.66 Å². The van der Waals surface area contributed by atoms with Crippen molar-refractivity contribution in [1.82, 2.24) is 9.66 Å². The Labute approximate surface area is 100 Å². The first-order valence-electron chi connectivity index (χ1n) is 6.64. The van der Waals surface area contributed by atoms with Crippen LogP contribution in [-0.4, -0.2) is 16.2 Å². The van der Waals surface area contributed by atoms with E-state index in [1.165, 1.54) is 23.6 Å². The second-order valence-corrected chi connectivity index (χ2v) is 3.26. The second kappa shape index (κ2) is 8.20. The Morgan fingerprint density at radius 2 is 1.88 bits per heavy atom. The number of hydrogen-bond donors (Lipinski definition) is 1. The lowest BCUT2D eigenvalue weighted by Crippen LogP contribution is -2.25. The molecule has 0 amide bonds. The zero-order valence-corrected chi connectivity index (χ0v) is 11.7. The van der Waals surface area contributed by atoms with Crippen molar-refractivity contribution in [3.8, 4) is 0 Å². The molecule has 2 rings (SSSR count). The van der Waals surface area contributed by atoms with Crippen LogP contribution in [0.3, 0.4) is 0 Å². The summed E-state index contributed by atoms with van der Waals surface area (Å²) < 4.78 is 2.14. The molecule has 1 aliphatic heterocycles. The fourth-order valence-corrected chi connectivity index (χ4v) is 1.76. The fourth-order valence-electron chi connectivity index (χ4n) is 1.76. The molecule has 1 aromatic rings. The van der Waals surface area contributed by atoms with Gasteiger partial charge in [0, 0.05) is 13.0 Å². The maximum absolute atomic E-state index is 4.57. The average molecular weight is 225 g/mol. The van der Waals surface area contributed by atoms with E-state index in [1.54, 1.807) is 0 Å². The van der Waals surface area contributed by atoms with Crippen molar-refractivity contribution in [2.75, 3.05) is 12.0 Å². The Bertz CT molecular complexity index is 290. The zero-order chi connectivity index (χ0) is 12.6. The monoisotopic (exact) mass is 225 g/mol. The van der Waals surface area contributed by atoms with Gasteiger partial charge in [0.05, 0.1) is 11.4 Å². The van der Waals surface area contributed by atoms with Crippen molar-refractivity contribution in [2.45, 2.75) is 60.8 Å². The largest absolute Gasteiger partial charge is 0.324 e. The number of nitrogens with one attached hydrogen (secondary N) is 1. The van der Waals surface area contributed by atoms with Gasteiger partial charge in [0.2, 0.25) is 0 Å². The number of fused-ring (bicyclic) bond motifs is 1. The molecule has 0 unspecified atom stereocenters. The highest BCUT2D eigenvalue weighted by Gasteiger charge is 2.14. The van der Waals surface area contributed by atoms with Gasteiger partial charge in [-0.05, 0) is 19.8 Å². The van der Waals surface area contributed by atoms with E-state index in [0.717, 1.165) is 19.4 Å². The SMILES string of the molecule is CC.CC.CCc1nc2n(c1C)NCCC2. The third kappa shape index (κ3) is 3.26. The Morgan fingerprint density at radius 1 is 1.25 bits per heavy atom. The van der Waals surface area contributed by atoms with Gasteiger partial charge in [0.15, 0.2) is 0 Å². The Hall–Kier alpha value is -0.990. The molecule has 0 spiro atoms. The summed E-state index contributed by atoms with van der Waals surface area (Å²) in [5.74, 6) is 1.20. The summed E-state index contributed by atoms with van der Waals surface area (Å²) >= 11 is 0. The molecule has 94 valence electrons. The van der Waals surface area contributed by atoms with E-state index >= 15 is 0 Å². The predicted octanol–water partition coefficient (Wildman–Crippen LogP) is 3.30. The first-order chi connectivity index (χ1) is 7.83. The van der Waals surface area contributed by atoms with Crippen LogP contribution >= 0.6 is 0 Å². The van der Waals surface area contributed by atoms with Crippen molar-refractivity contribution in [1.29, 1.82) is 0 Å². The molecule has 0 aliphatic carbocycles. The fraction of sp³-hybridized carbons (Fsp3) is 0.769. The van der Waals surface area contributed by atoms with Gasteiger partial charge in [-0.3, -0.25) is 0 Å². The molecule has 0 atom stereocenters. The summed E-state index contributed by atoms with van der Waals surface area (Å²) in [5.41, 5.74) is 5.86. The molecule has 0 radical (unpaired) electrons. The van der Waals surface area contributed by atoms with E-state index < -0.39 is 0 Å². The van der Waals surface area contributed by atoms with Crippen LogP contribution in [-0.2, 0) is 12.8 Å². The maximum atomic E-state index is 4.57. The van der Waals surface area contributed by atoms with Gasteiger partial charge >= 0.3 is 0 Å². The molecule has 3 nitrogen and oxygen atoms in total. The summed E-state index contributed by atoms with van der Waals surface area (Å²) in [6.07, 6.45) is 3.36. The van der Waals surface area contributed by atoms with E-state index in [9.17, 15) is 0 Å². The van der Waals surface area contributed by atoms with Gasteiger partial charge in [-0.2, -0.15) is 0 Å². The molecule has 16 heavy (non-hydrogen) atoms. The second-order valence-electron chi connectivity index (χ2n) is 3.26. The Kier molecular flexibility index (Phi) is 7.69. The van der Waals surface area contributed by atoms with E-state index in [4.69, 9.17) is 0 Å². The number of aryl methyl sites for hydroxylation is 2. The molecule has 0 fully saturated rings. The smallest absolute Gasteiger partial charge is 0.127 e. The van der Waals surface area contributed by atoms with Crippen LogP contribution < -0.4 is 5.43 Å². The molecular formula is C13H27N3. The van der Waals surface area contributed by atoms with Crippen molar-refractivity contribution in [3.63, 3.8) is 0 Å². The third-order valence-electron chi connectivity index (χ3n) is 2.46. The molecule has 1 aromatic heterocycles. The molecule has 1 aliphatic rings. The van der Waals surface area contributed by atoms with Crippen LogP contribution in [0.1, 0.15) is 58.3 Å². The number of hydrogen-bond acceptors (Lipinski definition) is 2. The highest BCUT2D eigenvalue weighted by molar-refractivity contribution is 5.18. The molecular weight excluding hydrogens is 198 g/mol. The Balaban J connectivity index is 0.000000509. The zero-order valence-electron chi connectivity index (χ0n) is 11.7. The summed E-state index contributed by atoms with van der Waals surface area (Å²) in [7, 11) is 0. The number of aromatic nitrogens is 2. The van der Waals surface area contributed by atoms with Gasteiger partial charge < -0.3 is 5.43 Å². The summed E-state index contributed by atoms with van der Waals surface area (Å²) in [6, 6.07) is 0. The van der Waals surface area contributed by atoms with Crippen molar-refractivity contribution in [2.24, 2.45) is 0 Å². The lowest BCUT2D eigenvalue weighted by molar-refractivity contribution is 0.638. The highest BCUT2D eigenvalue weighted by Crippen LogP contribution is 2.14. The normalized spacial score (nSPS) is 12.4. The van der Waals surface area contributed by atoms with Crippen LogP contribution in [0.15, 0.2) is 0 Å². The third-order valence-corrected chi connectivity index (χ3v) is 2.46. The first-order valence-corrected chi connectivity index (χ1v) is 6.64. The molecule has 0 bridgehead atoms. The number of nitrogens with zero attached hydrogens (tertiary/aromatic N) is 2. The number of imidazole rings is 1. The summed E-state index contributed by atoms with van der Waals surface area (Å²) in [6.45, 7) is 13.4. The van der Waals surface area contributed by atoms with E-state index in [1.807, 2.05) is 27.7 Å². The summed E-state index contributed by atoms with van der Waals surface area (Å²) in [4.78, 5) is 4.57. The molecule has 1 N–H and O–H groups in total. The molecule has 0 aromatic carbocycles. The molecule has 3 heteroatoms. The first kappa shape index (κ1) is 15.0. The van der Waals surface area contributed by atoms with E-state index in [0.29, 0.717) is 0 Å². The van der Waals surface area contributed by atoms with Gasteiger partial charge in [0.1, 0.15) is 5.82 Å². The number of rotatable bonds is 1. The van der Waals surface area contributed by atoms with Crippen LogP contribution in [0.5, 0.6) is 0 Å². The van der Waals surface area contributed by atoms with Crippen LogP contribution in [0.25, 0.3) is 0 Å². The lowest BCUT2D eigenvalue weighted by atomic mass is 10.3. The maximum Gasteiger partial charge on any atom is 0.127 e. The topological polar surface area (TPSA) is 29.9 Å². The predicted molar refractivity (Wildman–Crippen MR) is 71.6 cm³/mol. The van der Waals surface area contributed by atoms with Gasteiger partial charge in [-0.1, -0.05) is 34.6 Å². The minimum atomic E-state index is 1.04. The van der Waals surface area contributed by atoms with Gasteiger partial charge in [0.25, 0.3) is 0 Å². The van der Waals surface area contributed by atoms with Crippen LogP contribution in [0.2, 0.25) is 0 Å². The molecule has 2 heterocycles. The highest BCUT2D eigenvalue weighted by atomic mass is 15.4. The van der Waals surface area contributed by atoms with E-state index in [-0.39, 0.29) is 0 Å². The average Bonchev–Trinajstić information content (AvgIpc) is 2.72. The van der Waals surface area contributed by atoms with Crippen LogP contribution in [0, 0.1) is 6.92 Å². The van der Waals surface area contributed by atoms with Crippen molar-refractivity contribution < 1.29 is 0 Å². The Morgan fingerprint density at radius 3 is 2.38 bits per heavy atom.